The largest absolute Gasteiger partial charge is 0.416 e. The molecule has 1 aromatic rings. The Kier molecular flexibility index (Phi) is 5.28. The van der Waals surface area contributed by atoms with Gasteiger partial charge in [0.25, 0.3) is 0 Å². The molecule has 0 amide bonds. The number of halogens is 3. The molecule has 88 valence electrons. The van der Waals surface area contributed by atoms with Gasteiger partial charge in [-0.1, -0.05) is 18.2 Å². The van der Waals surface area contributed by atoms with Crippen LogP contribution < -0.4 is 0 Å². The third-order valence-corrected chi connectivity index (χ3v) is 3.05. The van der Waals surface area contributed by atoms with E-state index in [4.69, 9.17) is 0 Å². The third-order valence-electron chi connectivity index (χ3n) is 1.87. The van der Waals surface area contributed by atoms with Crippen LogP contribution in [0.1, 0.15) is 11.1 Å². The zero-order chi connectivity index (χ0) is 12.0. The molecule has 0 fully saturated rings. The Morgan fingerprint density at radius 1 is 1.19 bits per heavy atom. The second-order valence-corrected chi connectivity index (χ2v) is 4.42. The summed E-state index contributed by atoms with van der Waals surface area (Å²) in [5.41, 5.74) is 0.294. The van der Waals surface area contributed by atoms with E-state index in [2.05, 4.69) is 12.6 Å². The topological polar surface area (TPSA) is 0 Å². The average molecular weight is 264 g/mol. The fourth-order valence-corrected chi connectivity index (χ4v) is 2.10. The zero-order valence-corrected chi connectivity index (χ0v) is 10.1. The van der Waals surface area contributed by atoms with E-state index in [-0.39, 0.29) is 0 Å². The van der Waals surface area contributed by atoms with Gasteiger partial charge in [0, 0.05) is 11.5 Å². The summed E-state index contributed by atoms with van der Waals surface area (Å²) in [5, 5.41) is 1.65. The number of rotatable bonds is 4. The molecular weight excluding hydrogens is 253 g/mol. The standard InChI is InChI=1S/C11H11F3S2/c12-11(13,14)10-4-2-9(3-5-10)8-16-7-1-6-15/h1-6,15H,7-8H2/b6-1+. The van der Waals surface area contributed by atoms with Crippen LogP contribution in [0.25, 0.3) is 0 Å². The molecule has 0 aromatic heterocycles. The number of hydrogen-bond donors (Lipinski definition) is 1. The molecule has 0 atom stereocenters. The van der Waals surface area contributed by atoms with Crippen LogP contribution in [-0.4, -0.2) is 5.75 Å². The normalized spacial score (nSPS) is 12.2. The molecule has 0 N–H and O–H groups in total. The van der Waals surface area contributed by atoms with Crippen molar-refractivity contribution in [3.63, 3.8) is 0 Å². The van der Waals surface area contributed by atoms with E-state index < -0.39 is 11.7 Å². The van der Waals surface area contributed by atoms with E-state index in [0.29, 0.717) is 5.75 Å². The molecule has 0 radical (unpaired) electrons. The molecule has 0 spiro atoms. The van der Waals surface area contributed by atoms with Gasteiger partial charge in [0.1, 0.15) is 0 Å². The lowest BCUT2D eigenvalue weighted by molar-refractivity contribution is -0.137. The predicted octanol–water partition coefficient (Wildman–Crippen LogP) is 4.38. The maximum Gasteiger partial charge on any atom is 0.416 e. The summed E-state index contributed by atoms with van der Waals surface area (Å²) in [4.78, 5) is 0. The molecule has 0 heterocycles. The smallest absolute Gasteiger partial charge is 0.166 e. The Bertz CT molecular complexity index is 341. The van der Waals surface area contributed by atoms with Crippen molar-refractivity contribution < 1.29 is 13.2 Å². The molecular formula is C11H11F3S2. The van der Waals surface area contributed by atoms with Gasteiger partial charge in [-0.2, -0.15) is 37.6 Å². The van der Waals surface area contributed by atoms with Gasteiger partial charge in [0.15, 0.2) is 0 Å². The molecule has 0 aliphatic heterocycles. The van der Waals surface area contributed by atoms with E-state index in [0.717, 1.165) is 23.4 Å². The Morgan fingerprint density at radius 3 is 2.31 bits per heavy atom. The van der Waals surface area contributed by atoms with Gasteiger partial charge in [-0.3, -0.25) is 0 Å². The molecule has 1 aromatic carbocycles. The highest BCUT2D eigenvalue weighted by Crippen LogP contribution is 2.29. The number of thioether (sulfide) groups is 1. The summed E-state index contributed by atoms with van der Waals surface area (Å²) < 4.78 is 36.7. The molecule has 0 saturated heterocycles. The van der Waals surface area contributed by atoms with Crippen LogP contribution in [0.15, 0.2) is 35.7 Å². The molecule has 0 bridgehead atoms. The van der Waals surface area contributed by atoms with E-state index >= 15 is 0 Å². The quantitative estimate of drug-likeness (QED) is 0.622. The lowest BCUT2D eigenvalue weighted by Crippen LogP contribution is -2.04. The van der Waals surface area contributed by atoms with Crippen molar-refractivity contribution in [1.82, 2.24) is 0 Å². The Morgan fingerprint density at radius 2 is 1.81 bits per heavy atom. The first-order valence-corrected chi connectivity index (χ1v) is 6.24. The summed E-state index contributed by atoms with van der Waals surface area (Å²) in [6.07, 6.45) is -2.36. The molecule has 0 unspecified atom stereocenters. The minimum Gasteiger partial charge on any atom is -0.166 e. The van der Waals surface area contributed by atoms with Crippen LogP contribution in [0.4, 0.5) is 13.2 Å². The van der Waals surface area contributed by atoms with Crippen LogP contribution in [0.5, 0.6) is 0 Å². The minimum absolute atomic E-state index is 0.600. The van der Waals surface area contributed by atoms with Crippen molar-refractivity contribution in [3.05, 3.63) is 46.9 Å². The van der Waals surface area contributed by atoms with Gasteiger partial charge in [0.05, 0.1) is 5.56 Å². The Balaban J connectivity index is 2.52. The van der Waals surface area contributed by atoms with Gasteiger partial charge in [-0.15, -0.1) is 0 Å². The minimum atomic E-state index is -4.25. The molecule has 1 rings (SSSR count). The number of benzene rings is 1. The van der Waals surface area contributed by atoms with Gasteiger partial charge in [-0.05, 0) is 23.1 Å². The van der Waals surface area contributed by atoms with Crippen molar-refractivity contribution in [2.24, 2.45) is 0 Å². The Labute approximate surface area is 102 Å². The van der Waals surface area contributed by atoms with Crippen LogP contribution >= 0.6 is 24.4 Å². The van der Waals surface area contributed by atoms with Gasteiger partial charge >= 0.3 is 6.18 Å². The van der Waals surface area contributed by atoms with E-state index in [1.807, 2.05) is 6.08 Å². The van der Waals surface area contributed by atoms with Gasteiger partial charge < -0.3 is 0 Å². The first-order valence-electron chi connectivity index (χ1n) is 4.57. The van der Waals surface area contributed by atoms with E-state index in [1.165, 1.54) is 12.1 Å². The molecule has 0 saturated carbocycles. The highest BCUT2D eigenvalue weighted by molar-refractivity contribution is 7.98. The van der Waals surface area contributed by atoms with Crippen LogP contribution in [-0.2, 0) is 11.9 Å². The van der Waals surface area contributed by atoms with Gasteiger partial charge in [0.2, 0.25) is 0 Å². The van der Waals surface area contributed by atoms with Crippen molar-refractivity contribution >= 4 is 24.4 Å². The summed E-state index contributed by atoms with van der Waals surface area (Å²) >= 11 is 5.53. The fourth-order valence-electron chi connectivity index (χ4n) is 1.08. The zero-order valence-electron chi connectivity index (χ0n) is 8.37. The predicted molar refractivity (Wildman–Crippen MR) is 65.7 cm³/mol. The summed E-state index contributed by atoms with van der Waals surface area (Å²) in [6.45, 7) is 0. The maximum absolute atomic E-state index is 12.2. The van der Waals surface area contributed by atoms with E-state index in [1.54, 1.807) is 17.2 Å². The van der Waals surface area contributed by atoms with E-state index in [9.17, 15) is 13.2 Å². The number of thiol groups is 1. The number of alkyl halides is 3. The second-order valence-electron chi connectivity index (χ2n) is 3.09. The van der Waals surface area contributed by atoms with Crippen molar-refractivity contribution in [2.45, 2.75) is 11.9 Å². The molecule has 5 heteroatoms. The highest BCUT2D eigenvalue weighted by atomic mass is 32.2. The van der Waals surface area contributed by atoms with Crippen LogP contribution in [0.2, 0.25) is 0 Å². The SMILES string of the molecule is FC(F)(F)c1ccc(CSC/C=C/S)cc1. The van der Waals surface area contributed by atoms with Crippen molar-refractivity contribution in [1.29, 1.82) is 0 Å². The first kappa shape index (κ1) is 13.5. The summed E-state index contributed by atoms with van der Waals surface area (Å²) in [5.74, 6) is 1.51. The molecule has 0 aliphatic carbocycles. The highest BCUT2D eigenvalue weighted by Gasteiger charge is 2.29. The third kappa shape index (κ3) is 4.53. The lowest BCUT2D eigenvalue weighted by Gasteiger charge is -2.07. The molecule has 16 heavy (non-hydrogen) atoms. The maximum atomic E-state index is 12.2. The summed E-state index contributed by atoms with van der Waals surface area (Å²) in [7, 11) is 0. The summed E-state index contributed by atoms with van der Waals surface area (Å²) in [6, 6.07) is 5.26. The first-order chi connectivity index (χ1) is 7.54. The fraction of sp³-hybridized carbons (Fsp3) is 0.273. The molecule has 0 nitrogen and oxygen atoms in total. The Hall–Kier alpha value is -0.550. The van der Waals surface area contributed by atoms with Crippen LogP contribution in [0, 0.1) is 0 Å². The average Bonchev–Trinajstić information content (AvgIpc) is 2.24. The number of hydrogen-bond acceptors (Lipinski definition) is 2. The monoisotopic (exact) mass is 264 g/mol. The lowest BCUT2D eigenvalue weighted by atomic mass is 10.1. The van der Waals surface area contributed by atoms with Gasteiger partial charge in [-0.25, -0.2) is 0 Å². The second kappa shape index (κ2) is 6.25. The van der Waals surface area contributed by atoms with Crippen molar-refractivity contribution in [3.8, 4) is 0 Å². The molecule has 0 aliphatic rings. The van der Waals surface area contributed by atoms with Crippen LogP contribution in [0.3, 0.4) is 0 Å². The van der Waals surface area contributed by atoms with Crippen molar-refractivity contribution in [2.75, 3.05) is 5.75 Å².